The molecule has 11 nitrogen and oxygen atoms in total. The Morgan fingerprint density at radius 1 is 0.778 bits per heavy atom. The summed E-state index contributed by atoms with van der Waals surface area (Å²) in [5.41, 5.74) is 1.66. The number of methoxy groups -OCH3 is 2. The van der Waals surface area contributed by atoms with Gasteiger partial charge >= 0.3 is 11.6 Å². The summed E-state index contributed by atoms with van der Waals surface area (Å²) in [6, 6.07) is 27.9. The first-order valence-electron chi connectivity index (χ1n) is 14.0. The van der Waals surface area contributed by atoms with Crippen molar-refractivity contribution >= 4 is 56.7 Å². The Bertz CT molecular complexity index is 2060. The minimum atomic E-state index is -0.565. The summed E-state index contributed by atoms with van der Waals surface area (Å²) in [7, 11) is 3.19. The van der Waals surface area contributed by atoms with Crippen molar-refractivity contribution in [3.8, 4) is 23.3 Å². The van der Waals surface area contributed by atoms with Crippen LogP contribution in [0.1, 0.15) is 5.56 Å². The van der Waals surface area contributed by atoms with Gasteiger partial charge in [0, 0.05) is 17.6 Å². The Labute approximate surface area is 263 Å². The highest BCUT2D eigenvalue weighted by Gasteiger charge is 2.14. The van der Waals surface area contributed by atoms with Crippen LogP contribution in [0.4, 0.5) is 17.6 Å². The predicted molar refractivity (Wildman–Crippen MR) is 178 cm³/mol. The quantitative estimate of drug-likeness (QED) is 0.116. The molecule has 0 spiro atoms. The van der Waals surface area contributed by atoms with Crippen molar-refractivity contribution < 1.29 is 18.6 Å². The van der Waals surface area contributed by atoms with Gasteiger partial charge in [0.15, 0.2) is 16.6 Å². The van der Waals surface area contributed by atoms with Gasteiger partial charge in [0.05, 0.1) is 25.7 Å². The number of fused-ring (bicyclic) bond motifs is 2. The number of thiocarbonyl (C=S) groups is 1. The smallest absolute Gasteiger partial charge is 0.339 e. The molecule has 226 valence electrons. The Morgan fingerprint density at radius 2 is 1.53 bits per heavy atom. The minimum Gasteiger partial charge on any atom is -0.493 e. The number of benzene rings is 4. The predicted octanol–water partition coefficient (Wildman–Crippen LogP) is 6.40. The first kappa shape index (κ1) is 29.3. The highest BCUT2D eigenvalue weighted by atomic mass is 32.1. The van der Waals surface area contributed by atoms with Crippen molar-refractivity contribution in [3.63, 3.8) is 0 Å². The zero-order valence-corrected chi connectivity index (χ0v) is 25.2. The van der Waals surface area contributed by atoms with E-state index in [0.717, 1.165) is 22.0 Å². The normalized spacial score (nSPS) is 10.8. The fraction of sp³-hybridized carbons (Fsp3) is 0.121. The van der Waals surface area contributed by atoms with Crippen LogP contribution in [0, 0.1) is 0 Å². The monoisotopic (exact) mass is 620 g/mol. The summed E-state index contributed by atoms with van der Waals surface area (Å²) in [6.45, 7) is 0.481. The van der Waals surface area contributed by atoms with Crippen LogP contribution in [0.3, 0.4) is 0 Å². The van der Waals surface area contributed by atoms with E-state index in [1.165, 1.54) is 6.07 Å². The zero-order chi connectivity index (χ0) is 31.2. The summed E-state index contributed by atoms with van der Waals surface area (Å²) < 4.78 is 22.1. The lowest BCUT2D eigenvalue weighted by Gasteiger charge is -2.14. The third kappa shape index (κ3) is 6.92. The molecule has 0 fully saturated rings. The van der Waals surface area contributed by atoms with Crippen LogP contribution in [0.5, 0.6) is 23.3 Å². The third-order valence-corrected chi connectivity index (χ3v) is 7.04. The largest absolute Gasteiger partial charge is 0.493 e. The number of nitrogens with one attached hydrogen (secondary N) is 3. The van der Waals surface area contributed by atoms with Crippen LogP contribution < -0.4 is 35.8 Å². The number of nitrogens with zero attached hydrogens (tertiary/aromatic N) is 3. The molecule has 0 aliphatic heterocycles. The molecule has 2 aromatic heterocycles. The fourth-order valence-electron chi connectivity index (χ4n) is 4.75. The number of hydrogen-bond acceptors (Lipinski definition) is 10. The maximum absolute atomic E-state index is 12.2. The number of rotatable bonds is 10. The van der Waals surface area contributed by atoms with Crippen LogP contribution in [0.25, 0.3) is 21.7 Å². The van der Waals surface area contributed by atoms with Gasteiger partial charge in [-0.1, -0.05) is 54.6 Å². The van der Waals surface area contributed by atoms with E-state index >= 15 is 0 Å². The summed E-state index contributed by atoms with van der Waals surface area (Å²) >= 11 is 5.61. The molecule has 0 aliphatic carbocycles. The van der Waals surface area contributed by atoms with E-state index in [4.69, 9.17) is 30.8 Å². The van der Waals surface area contributed by atoms with Gasteiger partial charge in [0.25, 0.3) is 0 Å². The molecule has 0 bridgehead atoms. The molecule has 0 saturated heterocycles. The maximum Gasteiger partial charge on any atom is 0.339 e. The zero-order valence-electron chi connectivity index (χ0n) is 24.4. The van der Waals surface area contributed by atoms with Gasteiger partial charge < -0.3 is 34.6 Å². The van der Waals surface area contributed by atoms with Crippen LogP contribution in [0.2, 0.25) is 0 Å². The average Bonchev–Trinajstić information content (AvgIpc) is 3.04. The minimum absolute atomic E-state index is 0.0511. The molecule has 2 heterocycles. The van der Waals surface area contributed by atoms with Crippen LogP contribution in [-0.4, -0.2) is 40.8 Å². The SMILES string of the molecule is COc1ccc(CCNc2nc(NC(=S)Nc3cccc4ccccc34)nc(Oc3cc(=O)oc4ccccc34)n2)cc1OC. The van der Waals surface area contributed by atoms with E-state index < -0.39 is 5.63 Å². The molecule has 45 heavy (non-hydrogen) atoms. The van der Waals surface area contributed by atoms with E-state index in [1.807, 2.05) is 66.7 Å². The van der Waals surface area contributed by atoms with Gasteiger partial charge in [0.1, 0.15) is 11.3 Å². The second-order valence-corrected chi connectivity index (χ2v) is 10.2. The molecule has 4 aromatic carbocycles. The summed E-state index contributed by atoms with van der Waals surface area (Å²) in [5.74, 6) is 1.91. The van der Waals surface area contributed by atoms with Crippen molar-refractivity contribution in [2.45, 2.75) is 6.42 Å². The van der Waals surface area contributed by atoms with E-state index in [0.29, 0.717) is 35.4 Å². The lowest BCUT2D eigenvalue weighted by Crippen LogP contribution is -2.21. The Kier molecular flexibility index (Phi) is 8.65. The Morgan fingerprint density at radius 3 is 2.38 bits per heavy atom. The summed E-state index contributed by atoms with van der Waals surface area (Å²) in [5, 5.41) is 12.4. The topological polar surface area (TPSA) is 133 Å². The molecule has 0 radical (unpaired) electrons. The van der Waals surface area contributed by atoms with Gasteiger partial charge in [-0.2, -0.15) is 15.0 Å². The lowest BCUT2D eigenvalue weighted by molar-refractivity contribution is 0.354. The number of para-hydroxylation sites is 1. The van der Waals surface area contributed by atoms with Crippen molar-refractivity contribution in [2.24, 2.45) is 0 Å². The van der Waals surface area contributed by atoms with Gasteiger partial charge in [-0.05, 0) is 59.9 Å². The molecule has 0 unspecified atom stereocenters. The van der Waals surface area contributed by atoms with E-state index in [1.54, 1.807) is 32.4 Å². The second-order valence-electron chi connectivity index (χ2n) is 9.77. The highest BCUT2D eigenvalue weighted by Crippen LogP contribution is 2.29. The Hall–Kier alpha value is -5.75. The second kappa shape index (κ2) is 13.3. The van der Waals surface area contributed by atoms with Crippen molar-refractivity contribution in [1.82, 2.24) is 15.0 Å². The molecular formula is C33H28N6O5S. The van der Waals surface area contributed by atoms with E-state index in [2.05, 4.69) is 30.9 Å². The first-order chi connectivity index (χ1) is 22.0. The molecule has 0 atom stereocenters. The van der Waals surface area contributed by atoms with Gasteiger partial charge in [0.2, 0.25) is 11.9 Å². The first-order valence-corrected chi connectivity index (χ1v) is 14.4. The molecule has 0 aliphatic rings. The standard InChI is InChI=1S/C33H28N6O5S/c1-41-26-15-14-20(18-28(26)42-2)16-17-34-30-36-31(39-33(45)35-24-12-7-9-21-8-3-4-10-22(21)24)38-32(37-30)44-27-19-29(40)43-25-13-6-5-11-23(25)27/h3-15,18-19H,16-17H2,1-2H3,(H3,34,35,36,37,38,39,45). The highest BCUT2D eigenvalue weighted by molar-refractivity contribution is 7.80. The number of hydrogen-bond donors (Lipinski definition) is 3. The van der Waals surface area contributed by atoms with Crippen LogP contribution >= 0.6 is 12.2 Å². The summed E-state index contributed by atoms with van der Waals surface area (Å²) in [4.78, 5) is 25.6. The number of anilines is 3. The van der Waals surface area contributed by atoms with Crippen LogP contribution in [0.15, 0.2) is 100 Å². The van der Waals surface area contributed by atoms with Gasteiger partial charge in [-0.3, -0.25) is 0 Å². The van der Waals surface area contributed by atoms with Crippen molar-refractivity contribution in [1.29, 1.82) is 0 Å². The van der Waals surface area contributed by atoms with Crippen molar-refractivity contribution in [2.75, 3.05) is 36.7 Å². The third-order valence-electron chi connectivity index (χ3n) is 6.84. The molecule has 12 heteroatoms. The molecule has 3 N–H and O–H groups in total. The summed E-state index contributed by atoms with van der Waals surface area (Å²) in [6.07, 6.45) is 0.635. The molecule has 0 amide bonds. The van der Waals surface area contributed by atoms with E-state index in [9.17, 15) is 4.79 Å². The number of aromatic nitrogens is 3. The molecular weight excluding hydrogens is 592 g/mol. The van der Waals surface area contributed by atoms with Crippen molar-refractivity contribution in [3.05, 3.63) is 107 Å². The average molecular weight is 621 g/mol. The number of ether oxygens (including phenoxy) is 3. The maximum atomic E-state index is 12.2. The van der Waals surface area contributed by atoms with Crippen LogP contribution in [-0.2, 0) is 6.42 Å². The molecule has 6 aromatic rings. The fourth-order valence-corrected chi connectivity index (χ4v) is 4.95. The molecule has 6 rings (SSSR count). The molecule has 0 saturated carbocycles. The van der Waals surface area contributed by atoms with Gasteiger partial charge in [-0.15, -0.1) is 0 Å². The van der Waals surface area contributed by atoms with Gasteiger partial charge in [-0.25, -0.2) is 4.79 Å². The lowest BCUT2D eigenvalue weighted by atomic mass is 10.1. The van der Waals surface area contributed by atoms with E-state index in [-0.39, 0.29) is 28.8 Å². The Balaban J connectivity index is 1.26.